The van der Waals surface area contributed by atoms with E-state index in [1.807, 2.05) is 36.4 Å². The molecule has 0 aliphatic carbocycles. The molecule has 2 aromatic carbocycles. The van der Waals surface area contributed by atoms with E-state index in [0.717, 1.165) is 28.3 Å². The van der Waals surface area contributed by atoms with Gasteiger partial charge in [-0.15, -0.1) is 0 Å². The highest BCUT2D eigenvalue weighted by Gasteiger charge is 2.08. The molecule has 26 heavy (non-hydrogen) atoms. The number of hydrogen-bond donors (Lipinski definition) is 0. The fraction of sp³-hybridized carbons (Fsp3) is 0.350. The van der Waals surface area contributed by atoms with Gasteiger partial charge in [-0.1, -0.05) is 30.8 Å². The SMILES string of the molecule is C=CC(=O)OCCOCCOc1ccc(OCCOC)c2ccccc12. The third-order valence-electron chi connectivity index (χ3n) is 3.51. The molecule has 0 bridgehead atoms. The summed E-state index contributed by atoms with van der Waals surface area (Å²) in [6, 6.07) is 11.7. The minimum absolute atomic E-state index is 0.196. The van der Waals surface area contributed by atoms with Crippen LogP contribution >= 0.6 is 0 Å². The van der Waals surface area contributed by atoms with Crippen molar-refractivity contribution in [3.63, 3.8) is 0 Å². The first-order valence-electron chi connectivity index (χ1n) is 8.39. The lowest BCUT2D eigenvalue weighted by Gasteiger charge is -2.13. The monoisotopic (exact) mass is 360 g/mol. The smallest absolute Gasteiger partial charge is 0.330 e. The molecule has 0 N–H and O–H groups in total. The molecule has 0 aliphatic rings. The lowest BCUT2D eigenvalue weighted by atomic mass is 10.1. The summed E-state index contributed by atoms with van der Waals surface area (Å²) in [5.74, 6) is 1.11. The van der Waals surface area contributed by atoms with Gasteiger partial charge < -0.3 is 23.7 Å². The van der Waals surface area contributed by atoms with Crippen molar-refractivity contribution in [1.82, 2.24) is 0 Å². The van der Waals surface area contributed by atoms with Gasteiger partial charge in [-0.25, -0.2) is 4.79 Å². The number of fused-ring (bicyclic) bond motifs is 1. The first-order chi connectivity index (χ1) is 12.8. The third kappa shape index (κ3) is 6.06. The molecule has 6 nitrogen and oxygen atoms in total. The number of methoxy groups -OCH3 is 1. The number of ether oxygens (including phenoxy) is 5. The normalized spacial score (nSPS) is 10.5. The maximum Gasteiger partial charge on any atom is 0.330 e. The summed E-state index contributed by atoms with van der Waals surface area (Å²) in [7, 11) is 1.64. The molecule has 0 unspecified atom stereocenters. The van der Waals surface area contributed by atoms with E-state index in [2.05, 4.69) is 6.58 Å². The lowest BCUT2D eigenvalue weighted by molar-refractivity contribution is -0.139. The Labute approximate surface area is 153 Å². The van der Waals surface area contributed by atoms with Gasteiger partial charge in [-0.2, -0.15) is 0 Å². The number of hydrogen-bond acceptors (Lipinski definition) is 6. The van der Waals surface area contributed by atoms with Gasteiger partial charge in [-0.05, 0) is 12.1 Å². The van der Waals surface area contributed by atoms with Crippen molar-refractivity contribution in [2.24, 2.45) is 0 Å². The molecule has 0 fully saturated rings. The van der Waals surface area contributed by atoms with E-state index in [1.165, 1.54) is 0 Å². The highest BCUT2D eigenvalue weighted by molar-refractivity contribution is 5.93. The Morgan fingerprint density at radius 1 is 0.885 bits per heavy atom. The van der Waals surface area contributed by atoms with E-state index < -0.39 is 5.97 Å². The van der Waals surface area contributed by atoms with Crippen LogP contribution < -0.4 is 9.47 Å². The maximum atomic E-state index is 10.9. The number of carbonyl (C=O) groups excluding carboxylic acids is 1. The van der Waals surface area contributed by atoms with Crippen molar-refractivity contribution in [2.75, 3.05) is 46.8 Å². The van der Waals surface area contributed by atoms with Crippen LogP contribution in [0.15, 0.2) is 49.1 Å². The molecule has 0 aromatic heterocycles. The minimum Gasteiger partial charge on any atom is -0.491 e. The fourth-order valence-electron chi connectivity index (χ4n) is 2.30. The Hall–Kier alpha value is -2.57. The first kappa shape index (κ1) is 19.8. The van der Waals surface area contributed by atoms with Crippen LogP contribution in [-0.4, -0.2) is 52.7 Å². The van der Waals surface area contributed by atoms with Crippen molar-refractivity contribution >= 4 is 16.7 Å². The Kier molecular flexibility index (Phi) is 8.45. The van der Waals surface area contributed by atoms with E-state index in [0.29, 0.717) is 33.0 Å². The summed E-state index contributed by atoms with van der Waals surface area (Å²) in [5, 5.41) is 1.96. The molecule has 2 aromatic rings. The highest BCUT2D eigenvalue weighted by Crippen LogP contribution is 2.33. The Morgan fingerprint density at radius 3 is 2.04 bits per heavy atom. The van der Waals surface area contributed by atoms with Gasteiger partial charge >= 0.3 is 5.97 Å². The number of esters is 1. The first-order valence-corrected chi connectivity index (χ1v) is 8.39. The van der Waals surface area contributed by atoms with Crippen LogP contribution in [0.5, 0.6) is 11.5 Å². The molecule has 2 rings (SSSR count). The second-order valence-corrected chi connectivity index (χ2v) is 5.28. The van der Waals surface area contributed by atoms with E-state index in [9.17, 15) is 4.79 Å². The number of benzene rings is 2. The zero-order valence-corrected chi connectivity index (χ0v) is 14.9. The Morgan fingerprint density at radius 2 is 1.46 bits per heavy atom. The molecule has 0 aliphatic heterocycles. The largest absolute Gasteiger partial charge is 0.491 e. The predicted octanol–water partition coefficient (Wildman–Crippen LogP) is 2.99. The second-order valence-electron chi connectivity index (χ2n) is 5.28. The van der Waals surface area contributed by atoms with Gasteiger partial charge in [0.15, 0.2) is 0 Å². The summed E-state index contributed by atoms with van der Waals surface area (Å²) >= 11 is 0. The standard InChI is InChI=1S/C20H24O6/c1-3-20(21)26-15-12-23-11-14-25-19-9-8-18(24-13-10-22-2)16-6-4-5-7-17(16)19/h3-9H,1,10-15H2,2H3. The Balaban J connectivity index is 1.85. The zero-order chi connectivity index (χ0) is 18.6. The number of rotatable bonds is 12. The summed E-state index contributed by atoms with van der Waals surface area (Å²) in [5.41, 5.74) is 0. The highest BCUT2D eigenvalue weighted by atomic mass is 16.6. The van der Waals surface area contributed by atoms with Crippen LogP contribution in [0.4, 0.5) is 0 Å². The molecule has 0 amide bonds. The quantitative estimate of drug-likeness (QED) is 0.329. The van der Waals surface area contributed by atoms with Crippen LogP contribution in [0, 0.1) is 0 Å². The van der Waals surface area contributed by atoms with Crippen molar-refractivity contribution in [3.05, 3.63) is 49.1 Å². The summed E-state index contributed by atoms with van der Waals surface area (Å²) in [6.45, 7) is 5.65. The molecular formula is C20H24O6. The third-order valence-corrected chi connectivity index (χ3v) is 3.51. The van der Waals surface area contributed by atoms with Crippen molar-refractivity contribution < 1.29 is 28.5 Å². The van der Waals surface area contributed by atoms with Crippen molar-refractivity contribution in [2.45, 2.75) is 0 Å². The molecular weight excluding hydrogens is 336 g/mol. The molecule has 0 spiro atoms. The molecule has 0 heterocycles. The fourth-order valence-corrected chi connectivity index (χ4v) is 2.30. The molecule has 140 valence electrons. The molecule has 0 saturated carbocycles. The van der Waals surface area contributed by atoms with Crippen LogP contribution in [0.2, 0.25) is 0 Å². The summed E-state index contributed by atoms with van der Waals surface area (Å²) < 4.78 is 26.8. The van der Waals surface area contributed by atoms with E-state index >= 15 is 0 Å². The summed E-state index contributed by atoms with van der Waals surface area (Å²) in [4.78, 5) is 10.9. The second kappa shape index (κ2) is 11.1. The van der Waals surface area contributed by atoms with Gasteiger partial charge in [0.05, 0.1) is 19.8 Å². The zero-order valence-electron chi connectivity index (χ0n) is 14.9. The molecule has 0 atom stereocenters. The van der Waals surface area contributed by atoms with E-state index in [-0.39, 0.29) is 6.61 Å². The predicted molar refractivity (Wildman–Crippen MR) is 98.8 cm³/mol. The van der Waals surface area contributed by atoms with Gasteiger partial charge in [0.2, 0.25) is 0 Å². The summed E-state index contributed by atoms with van der Waals surface area (Å²) in [6.07, 6.45) is 1.12. The minimum atomic E-state index is -0.455. The van der Waals surface area contributed by atoms with E-state index in [1.54, 1.807) is 7.11 Å². The topological polar surface area (TPSA) is 63.2 Å². The van der Waals surface area contributed by atoms with Crippen LogP contribution in [-0.2, 0) is 19.0 Å². The van der Waals surface area contributed by atoms with Gasteiger partial charge in [0.25, 0.3) is 0 Å². The van der Waals surface area contributed by atoms with Gasteiger partial charge in [-0.3, -0.25) is 0 Å². The average Bonchev–Trinajstić information content (AvgIpc) is 2.68. The van der Waals surface area contributed by atoms with Crippen molar-refractivity contribution in [3.8, 4) is 11.5 Å². The van der Waals surface area contributed by atoms with Gasteiger partial charge in [0, 0.05) is 24.0 Å². The molecule has 0 saturated heterocycles. The van der Waals surface area contributed by atoms with Gasteiger partial charge in [0.1, 0.15) is 31.3 Å². The van der Waals surface area contributed by atoms with E-state index in [4.69, 9.17) is 23.7 Å². The number of carbonyl (C=O) groups is 1. The van der Waals surface area contributed by atoms with Crippen LogP contribution in [0.1, 0.15) is 0 Å². The van der Waals surface area contributed by atoms with Crippen LogP contribution in [0.3, 0.4) is 0 Å². The maximum absolute atomic E-state index is 10.9. The Bertz CT molecular complexity index is 713. The van der Waals surface area contributed by atoms with Crippen LogP contribution in [0.25, 0.3) is 10.8 Å². The lowest BCUT2D eigenvalue weighted by Crippen LogP contribution is -2.12. The average molecular weight is 360 g/mol. The van der Waals surface area contributed by atoms with Crippen molar-refractivity contribution in [1.29, 1.82) is 0 Å². The molecule has 0 radical (unpaired) electrons. The molecule has 6 heteroatoms.